The molecule has 1 aliphatic heterocycles. The minimum Gasteiger partial charge on any atom is -0.493 e. The first kappa shape index (κ1) is 23.9. The molecule has 2 aromatic heterocycles. The Hall–Kier alpha value is -3.21. The average Bonchev–Trinajstić information content (AvgIpc) is 3.46. The molecule has 178 valence electrons. The number of para-hydroxylation sites is 1. The van der Waals surface area contributed by atoms with Gasteiger partial charge in [0.2, 0.25) is 0 Å². The van der Waals surface area contributed by atoms with Crippen LogP contribution in [-0.2, 0) is 14.3 Å². The van der Waals surface area contributed by atoms with Gasteiger partial charge in [-0.25, -0.2) is 9.79 Å². The predicted molar refractivity (Wildman–Crippen MR) is 130 cm³/mol. The van der Waals surface area contributed by atoms with Gasteiger partial charge in [0.25, 0.3) is 5.56 Å². The van der Waals surface area contributed by atoms with Gasteiger partial charge in [-0.2, -0.15) is 0 Å². The van der Waals surface area contributed by atoms with Crippen molar-refractivity contribution in [2.45, 2.75) is 13.0 Å². The summed E-state index contributed by atoms with van der Waals surface area (Å²) in [4.78, 5) is 32.6. The number of methoxy groups -OCH3 is 3. The van der Waals surface area contributed by atoms with Crippen LogP contribution in [0.25, 0.3) is 6.08 Å². The van der Waals surface area contributed by atoms with Crippen molar-refractivity contribution in [1.29, 1.82) is 0 Å². The van der Waals surface area contributed by atoms with E-state index in [-0.39, 0.29) is 18.8 Å². The number of hydrogen-bond acceptors (Lipinski definition) is 9. The van der Waals surface area contributed by atoms with Crippen molar-refractivity contribution in [1.82, 2.24) is 4.57 Å². The quantitative estimate of drug-likeness (QED) is 0.349. The van der Waals surface area contributed by atoms with Crippen molar-refractivity contribution in [2.75, 3.05) is 34.5 Å². The number of rotatable bonds is 8. The van der Waals surface area contributed by atoms with Crippen LogP contribution in [0, 0.1) is 0 Å². The Kier molecular flexibility index (Phi) is 7.30. The highest BCUT2D eigenvalue weighted by Crippen LogP contribution is 2.33. The molecule has 8 nitrogen and oxygen atoms in total. The molecule has 0 spiro atoms. The molecule has 1 atom stereocenters. The van der Waals surface area contributed by atoms with Crippen LogP contribution in [0.1, 0.15) is 23.4 Å². The summed E-state index contributed by atoms with van der Waals surface area (Å²) in [5.74, 6) is 0.585. The van der Waals surface area contributed by atoms with Gasteiger partial charge in [0.05, 0.1) is 36.6 Å². The first-order valence-corrected chi connectivity index (χ1v) is 12.1. The van der Waals surface area contributed by atoms with E-state index >= 15 is 0 Å². The van der Waals surface area contributed by atoms with Crippen LogP contribution in [0.3, 0.4) is 0 Å². The van der Waals surface area contributed by atoms with Gasteiger partial charge in [-0.3, -0.25) is 9.36 Å². The highest BCUT2D eigenvalue weighted by atomic mass is 32.1. The summed E-state index contributed by atoms with van der Waals surface area (Å²) in [7, 11) is 4.65. The van der Waals surface area contributed by atoms with Crippen molar-refractivity contribution >= 4 is 34.7 Å². The number of hydrogen-bond donors (Lipinski definition) is 0. The maximum absolute atomic E-state index is 13.6. The predicted octanol–water partition coefficient (Wildman–Crippen LogP) is 2.50. The lowest BCUT2D eigenvalue weighted by Crippen LogP contribution is -2.39. The second kappa shape index (κ2) is 10.4. The van der Waals surface area contributed by atoms with Crippen LogP contribution in [-0.4, -0.2) is 45.1 Å². The zero-order chi connectivity index (χ0) is 24.2. The van der Waals surface area contributed by atoms with Gasteiger partial charge < -0.3 is 18.9 Å². The van der Waals surface area contributed by atoms with Crippen molar-refractivity contribution in [3.05, 3.63) is 77.1 Å². The number of carbonyl (C=O) groups is 1. The minimum absolute atomic E-state index is 0.114. The molecule has 3 heterocycles. The molecule has 0 fully saturated rings. The highest BCUT2D eigenvalue weighted by molar-refractivity contribution is 7.10. The average molecular weight is 501 g/mol. The first-order chi connectivity index (χ1) is 16.5. The lowest BCUT2D eigenvalue weighted by Gasteiger charge is -2.23. The van der Waals surface area contributed by atoms with Crippen LogP contribution >= 0.6 is 22.7 Å². The number of esters is 1. The third-order valence-electron chi connectivity index (χ3n) is 5.29. The molecule has 0 saturated carbocycles. The zero-order valence-corrected chi connectivity index (χ0v) is 20.8. The van der Waals surface area contributed by atoms with E-state index in [4.69, 9.17) is 18.9 Å². The summed E-state index contributed by atoms with van der Waals surface area (Å²) < 4.78 is 23.3. The molecule has 0 aliphatic carbocycles. The molecule has 1 aliphatic rings. The highest BCUT2D eigenvalue weighted by Gasteiger charge is 2.34. The standard InChI is InChI=1S/C24H24N2O6S2/c1-14-19(23(28)32-11-10-29-2)20(17-9-6-12-33-17)26-22(27)18(34-24(26)25-14)13-15-7-5-8-16(30-3)21(15)31-4/h5-9,12-13,20H,10-11H2,1-4H3/b18-13-/t20-/m0/s1. The van der Waals surface area contributed by atoms with Crippen LogP contribution < -0.4 is 24.4 Å². The van der Waals surface area contributed by atoms with E-state index < -0.39 is 12.0 Å². The molecule has 4 rings (SSSR count). The third-order valence-corrected chi connectivity index (χ3v) is 7.20. The van der Waals surface area contributed by atoms with Crippen molar-refractivity contribution < 1.29 is 23.7 Å². The van der Waals surface area contributed by atoms with E-state index in [9.17, 15) is 9.59 Å². The van der Waals surface area contributed by atoms with E-state index in [0.29, 0.717) is 37.7 Å². The Morgan fingerprint density at radius 2 is 1.97 bits per heavy atom. The van der Waals surface area contributed by atoms with Gasteiger partial charge in [-0.05, 0) is 30.5 Å². The molecule has 10 heteroatoms. The summed E-state index contributed by atoms with van der Waals surface area (Å²) in [6.45, 7) is 2.16. The molecule has 0 amide bonds. The van der Waals surface area contributed by atoms with Crippen LogP contribution in [0.2, 0.25) is 0 Å². The molecular weight excluding hydrogens is 476 g/mol. The third kappa shape index (κ3) is 4.44. The fourth-order valence-electron chi connectivity index (χ4n) is 3.76. The van der Waals surface area contributed by atoms with Gasteiger partial charge in [-0.1, -0.05) is 29.5 Å². The first-order valence-electron chi connectivity index (χ1n) is 10.4. The summed E-state index contributed by atoms with van der Waals surface area (Å²) in [5.41, 5.74) is 1.32. The van der Waals surface area contributed by atoms with Gasteiger partial charge in [0.15, 0.2) is 16.3 Å². The fraction of sp³-hybridized carbons (Fsp3) is 0.292. The van der Waals surface area contributed by atoms with Crippen molar-refractivity contribution in [3.63, 3.8) is 0 Å². The molecule has 0 bridgehead atoms. The largest absolute Gasteiger partial charge is 0.493 e. The Labute approximate surface area is 204 Å². The Balaban J connectivity index is 1.88. The van der Waals surface area contributed by atoms with E-state index in [1.54, 1.807) is 37.9 Å². The lowest BCUT2D eigenvalue weighted by atomic mass is 10.0. The van der Waals surface area contributed by atoms with Gasteiger partial charge in [0, 0.05) is 17.6 Å². The van der Waals surface area contributed by atoms with Crippen LogP contribution in [0.4, 0.5) is 0 Å². The molecule has 0 unspecified atom stereocenters. The number of thiophene rings is 1. The van der Waals surface area contributed by atoms with E-state index in [2.05, 4.69) is 4.99 Å². The molecule has 1 aromatic carbocycles. The SMILES string of the molecule is COCCOC(=O)C1=C(C)N=c2s/c(=C\c3cccc(OC)c3OC)c(=O)n2[C@H]1c1cccs1. The summed E-state index contributed by atoms with van der Waals surface area (Å²) in [6, 6.07) is 8.63. The smallest absolute Gasteiger partial charge is 0.338 e. The van der Waals surface area contributed by atoms with Crippen LogP contribution in [0.15, 0.2) is 56.8 Å². The molecule has 0 saturated heterocycles. The van der Waals surface area contributed by atoms with E-state index in [1.165, 1.54) is 29.8 Å². The topological polar surface area (TPSA) is 88.4 Å². The Morgan fingerprint density at radius 3 is 2.65 bits per heavy atom. The summed E-state index contributed by atoms with van der Waals surface area (Å²) in [6.07, 6.45) is 1.76. The summed E-state index contributed by atoms with van der Waals surface area (Å²) >= 11 is 2.73. The number of thiazole rings is 1. The summed E-state index contributed by atoms with van der Waals surface area (Å²) in [5, 5.41) is 1.91. The number of allylic oxidation sites excluding steroid dienone is 1. The molecule has 34 heavy (non-hydrogen) atoms. The number of benzene rings is 1. The molecular formula is C24H24N2O6S2. The number of carbonyl (C=O) groups excluding carboxylic acids is 1. The second-order valence-corrected chi connectivity index (χ2v) is 9.30. The molecule has 0 radical (unpaired) electrons. The fourth-order valence-corrected chi connectivity index (χ4v) is 5.62. The number of nitrogens with zero attached hydrogens (tertiary/aromatic N) is 2. The van der Waals surface area contributed by atoms with Crippen molar-refractivity contribution in [3.8, 4) is 11.5 Å². The van der Waals surface area contributed by atoms with Crippen LogP contribution in [0.5, 0.6) is 11.5 Å². The monoisotopic (exact) mass is 500 g/mol. The molecule has 0 N–H and O–H groups in total. The number of fused-ring (bicyclic) bond motifs is 1. The maximum Gasteiger partial charge on any atom is 0.338 e. The van der Waals surface area contributed by atoms with Gasteiger partial charge >= 0.3 is 5.97 Å². The number of ether oxygens (including phenoxy) is 4. The minimum atomic E-state index is -0.624. The lowest BCUT2D eigenvalue weighted by molar-refractivity contribution is -0.140. The Morgan fingerprint density at radius 1 is 1.15 bits per heavy atom. The van der Waals surface area contributed by atoms with E-state index in [1.807, 2.05) is 29.6 Å². The zero-order valence-electron chi connectivity index (χ0n) is 19.2. The Bertz CT molecular complexity index is 1400. The molecule has 3 aromatic rings. The van der Waals surface area contributed by atoms with E-state index in [0.717, 1.165) is 4.88 Å². The second-order valence-electron chi connectivity index (χ2n) is 7.31. The van der Waals surface area contributed by atoms with Crippen molar-refractivity contribution in [2.24, 2.45) is 4.99 Å². The maximum atomic E-state index is 13.6. The number of aromatic nitrogens is 1. The normalized spacial score (nSPS) is 15.6. The van der Waals surface area contributed by atoms with Gasteiger partial charge in [0.1, 0.15) is 12.6 Å². The van der Waals surface area contributed by atoms with Gasteiger partial charge in [-0.15, -0.1) is 11.3 Å².